The van der Waals surface area contributed by atoms with E-state index in [-0.39, 0.29) is 37.3 Å². The van der Waals surface area contributed by atoms with Gasteiger partial charge >= 0.3 is 5.69 Å². The summed E-state index contributed by atoms with van der Waals surface area (Å²) >= 11 is 0. The minimum absolute atomic E-state index is 0.0140. The van der Waals surface area contributed by atoms with Crippen LogP contribution in [0.1, 0.15) is 41.3 Å². The number of aryl methyl sites for hydroxylation is 1. The Morgan fingerprint density at radius 1 is 1.00 bits per heavy atom. The molecule has 4 aromatic rings. The normalized spacial score (nSPS) is 18.4. The molecule has 0 aliphatic carbocycles. The Labute approximate surface area is 271 Å². The second-order valence-electron chi connectivity index (χ2n) is 11.4. The van der Waals surface area contributed by atoms with E-state index in [1.54, 1.807) is 38.5 Å². The zero-order valence-electron chi connectivity index (χ0n) is 26.3. The van der Waals surface area contributed by atoms with Gasteiger partial charge in [0.25, 0.3) is 5.56 Å². The van der Waals surface area contributed by atoms with E-state index in [1.807, 2.05) is 54.6 Å². The predicted molar refractivity (Wildman–Crippen MR) is 175 cm³/mol. The number of carbonyl (C=O) groups excluding carboxylic acids is 1. The molecule has 1 amide bonds. The van der Waals surface area contributed by atoms with Gasteiger partial charge in [0.05, 0.1) is 25.7 Å². The number of carbonyl (C=O) groups is 1. The maximum absolute atomic E-state index is 13.0. The summed E-state index contributed by atoms with van der Waals surface area (Å²) in [4.78, 5) is 40.0. The summed E-state index contributed by atoms with van der Waals surface area (Å²) in [6.45, 7) is 0.595. The smallest absolute Gasteiger partial charge is 0.330 e. The highest BCUT2D eigenvalue weighted by Crippen LogP contribution is 2.47. The van der Waals surface area contributed by atoms with Crippen molar-refractivity contribution >= 4 is 5.91 Å². The molecular formula is C35H40N4O8. The van der Waals surface area contributed by atoms with Crippen molar-refractivity contribution < 1.29 is 29.2 Å². The summed E-state index contributed by atoms with van der Waals surface area (Å²) in [7, 11) is 3.14. The fraction of sp³-hybridized carbons (Fsp3) is 0.343. The number of H-pyrrole nitrogens is 1. The Morgan fingerprint density at radius 2 is 1.57 bits per heavy atom. The van der Waals surface area contributed by atoms with Gasteiger partial charge in [-0.25, -0.2) is 4.79 Å². The number of nitrogens with zero attached hydrogens (tertiary/aromatic N) is 1. The van der Waals surface area contributed by atoms with Gasteiger partial charge in [-0.05, 0) is 47.4 Å². The molecule has 5 rings (SSSR count). The number of hydrogen-bond donors (Lipinski definition) is 5. The fourth-order valence-electron chi connectivity index (χ4n) is 6.27. The first-order valence-corrected chi connectivity index (χ1v) is 15.4. The lowest BCUT2D eigenvalue weighted by Gasteiger charge is -2.43. The quantitative estimate of drug-likeness (QED) is 0.135. The van der Waals surface area contributed by atoms with E-state index in [0.29, 0.717) is 29.2 Å². The molecule has 248 valence electrons. The first-order valence-electron chi connectivity index (χ1n) is 15.4. The highest BCUT2D eigenvalue weighted by atomic mass is 16.5. The van der Waals surface area contributed by atoms with Gasteiger partial charge in [-0.3, -0.25) is 19.1 Å². The van der Waals surface area contributed by atoms with E-state index in [1.165, 1.54) is 10.8 Å². The van der Waals surface area contributed by atoms with Crippen LogP contribution in [0.2, 0.25) is 0 Å². The summed E-state index contributed by atoms with van der Waals surface area (Å²) in [5.41, 5.74) is 5.16. The number of amides is 1. The third kappa shape index (κ3) is 6.86. The Balaban J connectivity index is 1.56. The average molecular weight is 645 g/mol. The topological polar surface area (TPSA) is 178 Å². The number of ether oxygens (including phenoxy) is 3. The zero-order chi connectivity index (χ0) is 33.6. The van der Waals surface area contributed by atoms with Crippen molar-refractivity contribution in [3.8, 4) is 11.5 Å². The molecule has 6 N–H and O–H groups in total. The third-order valence-electron chi connectivity index (χ3n) is 8.65. The molecular weight excluding hydrogens is 604 g/mol. The van der Waals surface area contributed by atoms with Crippen LogP contribution < -0.4 is 31.8 Å². The molecule has 0 spiro atoms. The molecule has 12 heteroatoms. The van der Waals surface area contributed by atoms with E-state index < -0.39 is 41.2 Å². The van der Waals surface area contributed by atoms with Crippen LogP contribution in [0, 0.1) is 0 Å². The molecule has 1 saturated heterocycles. The largest absolute Gasteiger partial charge is 0.497 e. The Bertz CT molecular complexity index is 1710. The molecule has 0 bridgehead atoms. The van der Waals surface area contributed by atoms with Crippen LogP contribution in [0.3, 0.4) is 0 Å². The van der Waals surface area contributed by atoms with Crippen LogP contribution >= 0.6 is 0 Å². The molecule has 2 heterocycles. The van der Waals surface area contributed by atoms with Gasteiger partial charge in [-0.1, -0.05) is 54.6 Å². The third-order valence-corrected chi connectivity index (χ3v) is 8.65. The van der Waals surface area contributed by atoms with Crippen molar-refractivity contribution in [2.45, 2.75) is 49.2 Å². The summed E-state index contributed by atoms with van der Waals surface area (Å²) in [5.74, 6) is 0.974. The highest BCUT2D eigenvalue weighted by molar-refractivity contribution is 5.76. The Hall–Kier alpha value is -4.75. The van der Waals surface area contributed by atoms with Crippen molar-refractivity contribution in [3.63, 3.8) is 0 Å². The number of nitrogens with one attached hydrogen (secondary N) is 2. The van der Waals surface area contributed by atoms with Gasteiger partial charge < -0.3 is 35.5 Å². The van der Waals surface area contributed by atoms with Crippen molar-refractivity contribution in [1.29, 1.82) is 0 Å². The van der Waals surface area contributed by atoms with E-state index in [0.717, 1.165) is 5.56 Å². The number of nitrogens with two attached hydrogens (primary N) is 1. The summed E-state index contributed by atoms with van der Waals surface area (Å²) < 4.78 is 18.3. The number of aromatic nitrogens is 2. The number of aromatic amines is 1. The summed E-state index contributed by atoms with van der Waals surface area (Å²) in [5, 5.41) is 26.7. The standard InChI is InChI=1S/C35H40N4O8/c1-45-26-13-9-24(10-14-26)35(23-6-4-3-5-7-23,25-11-15-27(46-2)16-12-25)32(42)31-28(40)20-30(47-31)39-21-22(33(43)38-34(39)44)8-17-29(41)37-19-18-36/h3-7,9-16,21,28,30-32,40,42H,8,17-20,36H2,1-2H3,(H,37,41)(H,38,43,44)/t28-,30+,31-,32?/m0/s1. The molecule has 1 unspecified atom stereocenters. The minimum Gasteiger partial charge on any atom is -0.497 e. The van der Waals surface area contributed by atoms with Gasteiger partial charge in [0.1, 0.15) is 29.9 Å². The molecule has 1 aliphatic heterocycles. The zero-order valence-corrected chi connectivity index (χ0v) is 26.3. The average Bonchev–Trinajstić information content (AvgIpc) is 3.49. The first kappa shape index (κ1) is 33.6. The van der Waals surface area contributed by atoms with Gasteiger partial charge in [0.2, 0.25) is 5.91 Å². The monoisotopic (exact) mass is 644 g/mol. The van der Waals surface area contributed by atoms with Gasteiger partial charge in [-0.15, -0.1) is 0 Å². The van der Waals surface area contributed by atoms with Crippen LogP contribution in [0.4, 0.5) is 0 Å². The second-order valence-corrected chi connectivity index (χ2v) is 11.4. The lowest BCUT2D eigenvalue weighted by atomic mass is 9.64. The lowest BCUT2D eigenvalue weighted by Crippen LogP contribution is -2.51. The predicted octanol–water partition coefficient (Wildman–Crippen LogP) is 1.61. The van der Waals surface area contributed by atoms with E-state index in [9.17, 15) is 24.6 Å². The number of hydrogen-bond acceptors (Lipinski definition) is 9. The molecule has 1 fully saturated rings. The van der Waals surface area contributed by atoms with Gasteiger partial charge in [0, 0.05) is 37.7 Å². The maximum atomic E-state index is 13.0. The summed E-state index contributed by atoms with van der Waals surface area (Å²) in [6, 6.07) is 24.1. The van der Waals surface area contributed by atoms with Crippen LogP contribution in [0.15, 0.2) is 94.6 Å². The van der Waals surface area contributed by atoms with Gasteiger partial charge in [-0.2, -0.15) is 0 Å². The second kappa shape index (κ2) is 14.8. The van der Waals surface area contributed by atoms with E-state index in [4.69, 9.17) is 19.9 Å². The number of methoxy groups -OCH3 is 2. The van der Waals surface area contributed by atoms with Crippen molar-refractivity contribution in [3.05, 3.63) is 128 Å². The van der Waals surface area contributed by atoms with E-state index in [2.05, 4.69) is 10.3 Å². The van der Waals surface area contributed by atoms with Crippen molar-refractivity contribution in [2.24, 2.45) is 5.73 Å². The lowest BCUT2D eigenvalue weighted by molar-refractivity contribution is -0.121. The first-order chi connectivity index (χ1) is 22.7. The number of rotatable bonds is 13. The minimum atomic E-state index is -1.38. The maximum Gasteiger partial charge on any atom is 0.330 e. The fourth-order valence-corrected chi connectivity index (χ4v) is 6.27. The number of benzene rings is 3. The molecule has 4 atom stereocenters. The van der Waals surface area contributed by atoms with Crippen molar-refractivity contribution in [1.82, 2.24) is 14.9 Å². The SMILES string of the molecule is COc1ccc(C(c2ccccc2)(c2ccc(OC)cc2)C(O)[C@H]2O[C@@H](n3cc(CCC(=O)NCCN)c(=O)[nH]c3=O)C[C@@H]2O)cc1. The molecule has 1 aliphatic rings. The number of aliphatic hydroxyl groups excluding tert-OH is 2. The van der Waals surface area contributed by atoms with Crippen LogP contribution in [-0.2, 0) is 21.4 Å². The van der Waals surface area contributed by atoms with Crippen LogP contribution in [-0.4, -0.2) is 71.3 Å². The molecule has 12 nitrogen and oxygen atoms in total. The highest BCUT2D eigenvalue weighted by Gasteiger charge is 2.52. The van der Waals surface area contributed by atoms with E-state index >= 15 is 0 Å². The molecule has 0 saturated carbocycles. The summed E-state index contributed by atoms with van der Waals surface area (Å²) in [6.07, 6.45) is -3.37. The Morgan fingerprint density at radius 3 is 2.13 bits per heavy atom. The molecule has 47 heavy (non-hydrogen) atoms. The Kier molecular flexibility index (Phi) is 10.6. The van der Waals surface area contributed by atoms with Crippen LogP contribution in [0.25, 0.3) is 0 Å². The number of aliphatic hydroxyl groups is 2. The molecule has 1 aromatic heterocycles. The molecule has 0 radical (unpaired) electrons. The molecule has 3 aromatic carbocycles. The van der Waals surface area contributed by atoms with Gasteiger partial charge in [0.15, 0.2) is 0 Å². The van der Waals surface area contributed by atoms with Crippen molar-refractivity contribution in [2.75, 3.05) is 27.3 Å². The van der Waals surface area contributed by atoms with Crippen LogP contribution in [0.5, 0.6) is 11.5 Å².